The number of halogens is 2. The van der Waals surface area contributed by atoms with Gasteiger partial charge in [0.2, 0.25) is 5.91 Å². The number of pyridine rings is 1. The summed E-state index contributed by atoms with van der Waals surface area (Å²) in [5, 5.41) is 3.81. The van der Waals surface area contributed by atoms with E-state index in [1.165, 1.54) is 4.57 Å². The van der Waals surface area contributed by atoms with Crippen molar-refractivity contribution in [1.29, 1.82) is 0 Å². The minimum atomic E-state index is -2.62. The topological polar surface area (TPSA) is 59.8 Å². The van der Waals surface area contributed by atoms with E-state index in [-0.39, 0.29) is 17.6 Å². The number of hydrogen-bond donors (Lipinski definition) is 1. The van der Waals surface area contributed by atoms with Crippen LogP contribution in [0.5, 0.6) is 0 Å². The Balaban J connectivity index is 1.65. The highest BCUT2D eigenvalue weighted by Gasteiger charge is 2.18. The second-order valence-corrected chi connectivity index (χ2v) is 7.18. The zero-order valence-electron chi connectivity index (χ0n) is 14.9. The van der Waals surface area contributed by atoms with E-state index in [1.807, 2.05) is 25.1 Å². The van der Waals surface area contributed by atoms with Crippen LogP contribution in [0.4, 0.5) is 14.5 Å². The Kier molecular flexibility index (Phi) is 4.95. The van der Waals surface area contributed by atoms with Gasteiger partial charge in [-0.1, -0.05) is 18.2 Å². The quantitative estimate of drug-likeness (QED) is 0.489. The number of carbonyl (C=O) groups is 1. The van der Waals surface area contributed by atoms with Crippen LogP contribution in [0.15, 0.2) is 59.9 Å². The number of hydrogen-bond acceptors (Lipinski definition) is 4. The molecule has 28 heavy (non-hydrogen) atoms. The molecule has 1 N–H and O–H groups in total. The summed E-state index contributed by atoms with van der Waals surface area (Å²) >= 11 is 0.332. The van der Waals surface area contributed by atoms with E-state index in [0.29, 0.717) is 28.5 Å². The van der Waals surface area contributed by atoms with Gasteiger partial charge < -0.3 is 9.88 Å². The lowest BCUT2D eigenvalue weighted by atomic mass is 10.1. The number of alkyl halides is 2. The van der Waals surface area contributed by atoms with Gasteiger partial charge in [0.15, 0.2) is 5.16 Å². The van der Waals surface area contributed by atoms with Crippen molar-refractivity contribution in [3.05, 3.63) is 60.3 Å². The van der Waals surface area contributed by atoms with Crippen LogP contribution in [0.25, 0.3) is 21.9 Å². The van der Waals surface area contributed by atoms with Crippen LogP contribution in [0, 0.1) is 6.92 Å². The number of rotatable bonds is 5. The van der Waals surface area contributed by atoms with E-state index in [0.717, 1.165) is 16.5 Å². The van der Waals surface area contributed by atoms with Crippen LogP contribution in [0.1, 0.15) is 5.56 Å². The summed E-state index contributed by atoms with van der Waals surface area (Å²) in [6.07, 6.45) is 1.70. The number of anilines is 1. The molecular weight excluding hydrogens is 382 g/mol. The fourth-order valence-corrected chi connectivity index (χ4v) is 3.73. The maximum atomic E-state index is 12.9. The number of amides is 1. The van der Waals surface area contributed by atoms with Crippen molar-refractivity contribution in [3.63, 3.8) is 0 Å². The Bertz CT molecular complexity index is 1180. The Hall–Kier alpha value is -3.00. The molecular formula is C20H16F2N4OS. The molecule has 2 heterocycles. The zero-order valence-corrected chi connectivity index (χ0v) is 15.7. The highest BCUT2D eigenvalue weighted by atomic mass is 32.2. The zero-order chi connectivity index (χ0) is 19.7. The number of fused-ring (bicyclic) bond motifs is 2. The molecule has 0 aliphatic heterocycles. The monoisotopic (exact) mass is 398 g/mol. The number of thioether (sulfide) groups is 1. The smallest absolute Gasteiger partial charge is 0.291 e. The molecule has 0 aliphatic carbocycles. The van der Waals surface area contributed by atoms with Crippen LogP contribution >= 0.6 is 11.8 Å². The third kappa shape index (κ3) is 3.55. The minimum absolute atomic E-state index is 0.113. The number of para-hydroxylation sites is 2. The van der Waals surface area contributed by atoms with E-state index >= 15 is 0 Å². The molecule has 142 valence electrons. The van der Waals surface area contributed by atoms with Crippen LogP contribution in [0.3, 0.4) is 0 Å². The summed E-state index contributed by atoms with van der Waals surface area (Å²) < 4.78 is 27.4. The highest BCUT2D eigenvalue weighted by molar-refractivity contribution is 7.99. The fraction of sp³-hybridized carbons (Fsp3) is 0.150. The third-order valence-corrected chi connectivity index (χ3v) is 5.06. The number of nitrogens with one attached hydrogen (secondary N) is 1. The molecule has 2 aromatic heterocycles. The molecule has 1 amide bonds. The lowest BCUT2D eigenvalue weighted by Crippen LogP contribution is -2.19. The predicted octanol–water partition coefficient (Wildman–Crippen LogP) is 4.85. The molecule has 0 atom stereocenters. The van der Waals surface area contributed by atoms with Crippen molar-refractivity contribution in [3.8, 4) is 0 Å². The van der Waals surface area contributed by atoms with E-state index in [9.17, 15) is 13.6 Å². The highest BCUT2D eigenvalue weighted by Crippen LogP contribution is 2.29. The molecule has 4 rings (SSSR count). The molecule has 0 unspecified atom stereocenters. The first kappa shape index (κ1) is 18.4. The van der Waals surface area contributed by atoms with Crippen LogP contribution in [0.2, 0.25) is 0 Å². The summed E-state index contributed by atoms with van der Waals surface area (Å²) in [5.74, 6) is -2.95. The van der Waals surface area contributed by atoms with E-state index in [4.69, 9.17) is 0 Å². The van der Waals surface area contributed by atoms with Gasteiger partial charge in [-0.3, -0.25) is 9.78 Å². The van der Waals surface area contributed by atoms with Crippen LogP contribution < -0.4 is 5.32 Å². The van der Waals surface area contributed by atoms with Crippen molar-refractivity contribution < 1.29 is 13.6 Å². The van der Waals surface area contributed by atoms with Crippen molar-refractivity contribution >= 4 is 45.3 Å². The predicted molar refractivity (Wildman–Crippen MR) is 107 cm³/mol. The molecule has 0 saturated carbocycles. The number of benzene rings is 2. The average Bonchev–Trinajstić information content (AvgIpc) is 3.01. The van der Waals surface area contributed by atoms with E-state index in [1.54, 1.807) is 36.5 Å². The molecule has 0 radical (unpaired) electrons. The van der Waals surface area contributed by atoms with Crippen molar-refractivity contribution in [2.45, 2.75) is 24.4 Å². The van der Waals surface area contributed by atoms with E-state index < -0.39 is 5.76 Å². The van der Waals surface area contributed by atoms with Gasteiger partial charge in [0.25, 0.3) is 5.76 Å². The van der Waals surface area contributed by atoms with Gasteiger partial charge in [0.1, 0.15) is 6.54 Å². The second-order valence-electron chi connectivity index (χ2n) is 6.23. The number of imidazole rings is 1. The van der Waals surface area contributed by atoms with E-state index in [2.05, 4.69) is 15.3 Å². The Morgan fingerprint density at radius 2 is 2.00 bits per heavy atom. The second kappa shape index (κ2) is 7.55. The number of carbonyl (C=O) groups excluding carboxylic acids is 1. The summed E-state index contributed by atoms with van der Waals surface area (Å²) in [5.41, 5.74) is 3.65. The molecule has 5 nitrogen and oxygen atoms in total. The van der Waals surface area contributed by atoms with Gasteiger partial charge in [-0.25, -0.2) is 4.98 Å². The first-order chi connectivity index (χ1) is 13.5. The van der Waals surface area contributed by atoms with Gasteiger partial charge in [-0.15, -0.1) is 0 Å². The van der Waals surface area contributed by atoms with Gasteiger partial charge in [0.05, 0.1) is 22.2 Å². The third-order valence-electron chi connectivity index (χ3n) is 4.36. The SMILES string of the molecule is Cc1ccc(NC(=O)Cn2c(SC(F)F)nc3ccccc32)c2cccnc12. The molecule has 0 fully saturated rings. The van der Waals surface area contributed by atoms with Crippen molar-refractivity contribution in [2.24, 2.45) is 0 Å². The number of aryl methyl sites for hydroxylation is 1. The largest absolute Gasteiger partial charge is 0.324 e. The number of aromatic nitrogens is 3. The average molecular weight is 398 g/mol. The maximum Gasteiger partial charge on any atom is 0.291 e. The lowest BCUT2D eigenvalue weighted by molar-refractivity contribution is -0.116. The Morgan fingerprint density at radius 1 is 1.18 bits per heavy atom. The molecule has 0 saturated heterocycles. The maximum absolute atomic E-state index is 12.9. The summed E-state index contributed by atoms with van der Waals surface area (Å²) in [6.45, 7) is 1.83. The minimum Gasteiger partial charge on any atom is -0.324 e. The summed E-state index contributed by atoms with van der Waals surface area (Å²) in [6, 6.07) is 14.5. The van der Waals surface area contributed by atoms with Crippen LogP contribution in [-0.2, 0) is 11.3 Å². The molecule has 0 spiro atoms. The molecule has 0 bridgehead atoms. The van der Waals surface area contributed by atoms with Gasteiger partial charge in [-0.2, -0.15) is 8.78 Å². The van der Waals surface area contributed by atoms with Gasteiger partial charge in [-0.05, 0) is 54.6 Å². The van der Waals surface area contributed by atoms with Gasteiger partial charge >= 0.3 is 0 Å². The van der Waals surface area contributed by atoms with Crippen LogP contribution in [-0.4, -0.2) is 26.2 Å². The van der Waals surface area contributed by atoms with Crippen molar-refractivity contribution in [2.75, 3.05) is 5.32 Å². The Morgan fingerprint density at radius 3 is 2.82 bits per heavy atom. The Labute approximate surface area is 163 Å². The lowest BCUT2D eigenvalue weighted by Gasteiger charge is -2.12. The first-order valence-electron chi connectivity index (χ1n) is 8.57. The number of nitrogens with zero attached hydrogens (tertiary/aromatic N) is 3. The van der Waals surface area contributed by atoms with Crippen molar-refractivity contribution in [1.82, 2.24) is 14.5 Å². The fourth-order valence-electron chi connectivity index (χ4n) is 3.13. The van der Waals surface area contributed by atoms with Gasteiger partial charge in [0, 0.05) is 11.6 Å². The molecule has 2 aromatic carbocycles. The molecule has 8 heteroatoms. The molecule has 4 aromatic rings. The molecule has 0 aliphatic rings. The first-order valence-corrected chi connectivity index (χ1v) is 9.45. The summed E-state index contributed by atoms with van der Waals surface area (Å²) in [7, 11) is 0. The standard InChI is InChI=1S/C20H16F2N4OS/c1-12-8-9-14(13-5-4-10-23-18(12)13)24-17(27)11-26-16-7-3-2-6-15(16)25-20(26)28-19(21)22/h2-10,19H,11H2,1H3,(H,24,27). The summed E-state index contributed by atoms with van der Waals surface area (Å²) in [4.78, 5) is 21.3. The normalized spacial score (nSPS) is 11.4.